The van der Waals surface area contributed by atoms with E-state index in [4.69, 9.17) is 0 Å². The number of rotatable bonds is 4. The molecular formula is C21H24N4O2. The van der Waals surface area contributed by atoms with Crippen LogP contribution in [0.3, 0.4) is 0 Å². The Hall–Kier alpha value is -2.73. The second-order valence-corrected chi connectivity index (χ2v) is 7.08. The molecule has 0 bridgehead atoms. The van der Waals surface area contributed by atoms with Crippen LogP contribution < -0.4 is 4.90 Å². The predicted molar refractivity (Wildman–Crippen MR) is 103 cm³/mol. The molecule has 1 aromatic heterocycles. The average Bonchev–Trinajstić information content (AvgIpc) is 3.11. The van der Waals surface area contributed by atoms with Crippen molar-refractivity contribution in [1.82, 2.24) is 14.8 Å². The molecule has 3 heterocycles. The van der Waals surface area contributed by atoms with Crippen molar-refractivity contribution in [3.05, 3.63) is 60.4 Å². The van der Waals surface area contributed by atoms with E-state index in [-0.39, 0.29) is 17.9 Å². The smallest absolute Gasteiger partial charge is 0.244 e. The third-order valence-electron chi connectivity index (χ3n) is 5.46. The van der Waals surface area contributed by atoms with Gasteiger partial charge in [-0.3, -0.25) is 19.5 Å². The molecule has 2 saturated heterocycles. The zero-order valence-corrected chi connectivity index (χ0v) is 15.3. The van der Waals surface area contributed by atoms with Crippen LogP contribution in [0.1, 0.15) is 12.0 Å². The number of anilines is 1. The summed E-state index contributed by atoms with van der Waals surface area (Å²) in [7, 11) is 0. The van der Waals surface area contributed by atoms with Gasteiger partial charge in [0.05, 0.1) is 12.5 Å². The monoisotopic (exact) mass is 364 g/mol. The van der Waals surface area contributed by atoms with E-state index in [9.17, 15) is 9.59 Å². The number of carbonyl (C=O) groups excluding carboxylic acids is 2. The number of piperazine rings is 1. The van der Waals surface area contributed by atoms with Crippen molar-refractivity contribution in [2.24, 2.45) is 0 Å². The molecule has 6 nitrogen and oxygen atoms in total. The highest BCUT2D eigenvalue weighted by Gasteiger charge is 2.38. The molecule has 2 aliphatic rings. The molecule has 0 radical (unpaired) electrons. The largest absolute Gasteiger partial charge is 0.340 e. The molecule has 2 fully saturated rings. The van der Waals surface area contributed by atoms with Crippen LogP contribution in [0, 0.1) is 0 Å². The van der Waals surface area contributed by atoms with Crippen molar-refractivity contribution in [3.63, 3.8) is 0 Å². The van der Waals surface area contributed by atoms with E-state index in [1.165, 1.54) is 0 Å². The van der Waals surface area contributed by atoms with Gasteiger partial charge in [-0.2, -0.15) is 0 Å². The highest BCUT2D eigenvalue weighted by Crippen LogP contribution is 2.25. The van der Waals surface area contributed by atoms with Crippen LogP contribution >= 0.6 is 0 Å². The zero-order chi connectivity index (χ0) is 18.6. The molecule has 2 aromatic rings. The minimum absolute atomic E-state index is 0.0670. The van der Waals surface area contributed by atoms with Gasteiger partial charge in [-0.15, -0.1) is 0 Å². The molecule has 2 amide bonds. The van der Waals surface area contributed by atoms with E-state index >= 15 is 0 Å². The van der Waals surface area contributed by atoms with Gasteiger partial charge in [0.1, 0.15) is 0 Å². The van der Waals surface area contributed by atoms with E-state index in [2.05, 4.69) is 9.88 Å². The van der Waals surface area contributed by atoms with Crippen LogP contribution in [0.25, 0.3) is 0 Å². The molecule has 0 spiro atoms. The van der Waals surface area contributed by atoms with Crippen LogP contribution in [0.5, 0.6) is 0 Å². The Morgan fingerprint density at radius 2 is 1.67 bits per heavy atom. The van der Waals surface area contributed by atoms with E-state index < -0.39 is 0 Å². The quantitative estimate of drug-likeness (QED) is 0.826. The average molecular weight is 364 g/mol. The predicted octanol–water partition coefficient (Wildman–Crippen LogP) is 1.57. The maximum Gasteiger partial charge on any atom is 0.244 e. The third kappa shape index (κ3) is 3.85. The first-order chi connectivity index (χ1) is 13.2. The summed E-state index contributed by atoms with van der Waals surface area (Å²) in [6.45, 7) is 3.62. The third-order valence-corrected chi connectivity index (χ3v) is 5.46. The second-order valence-electron chi connectivity index (χ2n) is 7.08. The molecule has 0 saturated carbocycles. The van der Waals surface area contributed by atoms with Crippen molar-refractivity contribution in [1.29, 1.82) is 0 Å². The molecule has 1 atom stereocenters. The van der Waals surface area contributed by atoms with Gasteiger partial charge in [-0.05, 0) is 36.2 Å². The maximum absolute atomic E-state index is 12.9. The lowest BCUT2D eigenvalue weighted by molar-refractivity contribution is -0.133. The van der Waals surface area contributed by atoms with E-state index in [0.29, 0.717) is 19.5 Å². The summed E-state index contributed by atoms with van der Waals surface area (Å²) in [5.41, 5.74) is 1.96. The zero-order valence-electron chi connectivity index (χ0n) is 15.3. The van der Waals surface area contributed by atoms with Crippen molar-refractivity contribution in [3.8, 4) is 0 Å². The minimum atomic E-state index is -0.0670. The SMILES string of the molecule is O=C(Cc1ccncc1)N1CCN(C2CCN(c3ccccc3)C2=O)CC1. The Kier molecular flexibility index (Phi) is 5.16. The van der Waals surface area contributed by atoms with Gasteiger partial charge < -0.3 is 9.80 Å². The topological polar surface area (TPSA) is 56.8 Å². The van der Waals surface area contributed by atoms with Gasteiger partial charge >= 0.3 is 0 Å². The lowest BCUT2D eigenvalue weighted by Gasteiger charge is -2.37. The fourth-order valence-corrected chi connectivity index (χ4v) is 3.94. The number of carbonyl (C=O) groups is 2. The Morgan fingerprint density at radius 1 is 0.963 bits per heavy atom. The molecule has 0 aliphatic carbocycles. The van der Waals surface area contributed by atoms with Crippen molar-refractivity contribution >= 4 is 17.5 Å². The molecule has 4 rings (SSSR count). The summed E-state index contributed by atoms with van der Waals surface area (Å²) in [6, 6.07) is 13.5. The molecule has 6 heteroatoms. The van der Waals surface area contributed by atoms with Gasteiger partial charge in [-0.25, -0.2) is 0 Å². The number of para-hydroxylation sites is 1. The maximum atomic E-state index is 12.9. The number of nitrogens with zero attached hydrogens (tertiary/aromatic N) is 4. The number of hydrogen-bond acceptors (Lipinski definition) is 4. The lowest BCUT2D eigenvalue weighted by Crippen LogP contribution is -2.54. The number of hydrogen-bond donors (Lipinski definition) is 0. The first-order valence-corrected chi connectivity index (χ1v) is 9.49. The highest BCUT2D eigenvalue weighted by atomic mass is 16.2. The lowest BCUT2D eigenvalue weighted by atomic mass is 10.1. The standard InChI is InChI=1S/C21H24N4O2/c26-20(16-17-6-9-22-10-7-17)24-14-12-23(13-15-24)19-8-11-25(21(19)27)18-4-2-1-3-5-18/h1-7,9-10,19H,8,11-16H2. The molecule has 1 aromatic carbocycles. The number of aromatic nitrogens is 1. The van der Waals surface area contributed by atoms with Crippen LogP contribution in [0.4, 0.5) is 5.69 Å². The minimum Gasteiger partial charge on any atom is -0.340 e. The van der Waals surface area contributed by atoms with Gasteiger partial charge in [0.15, 0.2) is 0 Å². The van der Waals surface area contributed by atoms with Gasteiger partial charge in [-0.1, -0.05) is 18.2 Å². The Labute approximate surface area is 159 Å². The molecule has 2 aliphatic heterocycles. The molecular weight excluding hydrogens is 340 g/mol. The molecule has 140 valence electrons. The molecule has 1 unspecified atom stereocenters. The summed E-state index contributed by atoms with van der Waals surface area (Å²) in [4.78, 5) is 35.4. The van der Waals surface area contributed by atoms with Gasteiger partial charge in [0.25, 0.3) is 0 Å². The summed E-state index contributed by atoms with van der Waals surface area (Å²) >= 11 is 0. The summed E-state index contributed by atoms with van der Waals surface area (Å²) in [5, 5.41) is 0. The Bertz CT molecular complexity index is 788. The fourth-order valence-electron chi connectivity index (χ4n) is 3.94. The van der Waals surface area contributed by atoms with E-state index in [1.807, 2.05) is 52.3 Å². The number of amides is 2. The van der Waals surface area contributed by atoms with Crippen LogP contribution in [0.15, 0.2) is 54.9 Å². The number of pyridine rings is 1. The first-order valence-electron chi connectivity index (χ1n) is 9.49. The molecule has 27 heavy (non-hydrogen) atoms. The van der Waals surface area contributed by atoms with Crippen molar-refractivity contribution in [2.75, 3.05) is 37.6 Å². The molecule has 0 N–H and O–H groups in total. The Morgan fingerprint density at radius 3 is 2.37 bits per heavy atom. The Balaban J connectivity index is 1.32. The first kappa shape index (κ1) is 17.7. The van der Waals surface area contributed by atoms with Crippen LogP contribution in [0.2, 0.25) is 0 Å². The fraction of sp³-hybridized carbons (Fsp3) is 0.381. The van der Waals surface area contributed by atoms with E-state index in [0.717, 1.165) is 37.3 Å². The van der Waals surface area contributed by atoms with Crippen LogP contribution in [-0.4, -0.2) is 65.4 Å². The van der Waals surface area contributed by atoms with Crippen molar-refractivity contribution in [2.45, 2.75) is 18.9 Å². The summed E-state index contributed by atoms with van der Waals surface area (Å²) < 4.78 is 0. The highest BCUT2D eigenvalue weighted by molar-refractivity contribution is 5.99. The number of benzene rings is 1. The summed E-state index contributed by atoms with van der Waals surface area (Å²) in [5.74, 6) is 0.322. The normalized spacial score (nSPS) is 20.9. The second kappa shape index (κ2) is 7.88. The van der Waals surface area contributed by atoms with Gasteiger partial charge in [0, 0.05) is 50.8 Å². The summed E-state index contributed by atoms with van der Waals surface area (Å²) in [6.07, 6.45) is 4.68. The van der Waals surface area contributed by atoms with Crippen LogP contribution in [-0.2, 0) is 16.0 Å². The van der Waals surface area contributed by atoms with Crippen molar-refractivity contribution < 1.29 is 9.59 Å². The van der Waals surface area contributed by atoms with Gasteiger partial charge in [0.2, 0.25) is 11.8 Å². The van der Waals surface area contributed by atoms with E-state index in [1.54, 1.807) is 12.4 Å².